The molecule has 6 N–H and O–H groups in total. The summed E-state index contributed by atoms with van der Waals surface area (Å²) in [5.74, 6) is -4.94. The van der Waals surface area contributed by atoms with Gasteiger partial charge in [0.2, 0.25) is 21.8 Å². The SMILES string of the molecule is C[C@@H](NC(=O)C(F)F)[C@H]1C(=O)N2C(C(=O)O)=C(S[C@@H]3CN[C@H](C(=O)N4CC[C@H](NS(=O)(=O)CCN)C4)C3)[C@H](C)[C@@H]12. The quantitative estimate of drug-likeness (QED) is 0.172. The number of carboxylic acid groups (broad SMARTS) is 1. The number of amides is 3. The van der Waals surface area contributed by atoms with Crippen LogP contribution in [-0.4, -0.2) is 115 Å². The van der Waals surface area contributed by atoms with Crippen LogP contribution in [0.3, 0.4) is 0 Å². The van der Waals surface area contributed by atoms with Gasteiger partial charge in [-0.15, -0.1) is 11.8 Å². The van der Waals surface area contributed by atoms with Gasteiger partial charge in [0.1, 0.15) is 5.70 Å². The Morgan fingerprint density at radius 1 is 1.30 bits per heavy atom. The zero-order valence-electron chi connectivity index (χ0n) is 22.0. The second-order valence-electron chi connectivity index (χ2n) is 10.6. The molecule has 7 atom stereocenters. The van der Waals surface area contributed by atoms with Crippen molar-refractivity contribution < 1.29 is 41.5 Å². The molecule has 0 bridgehead atoms. The third-order valence-electron chi connectivity index (χ3n) is 7.81. The summed E-state index contributed by atoms with van der Waals surface area (Å²) in [5.41, 5.74) is 5.18. The Bertz CT molecular complexity index is 1200. The van der Waals surface area contributed by atoms with Crippen LogP contribution < -0.4 is 21.1 Å². The van der Waals surface area contributed by atoms with Crippen molar-refractivity contribution in [2.45, 2.75) is 62.5 Å². The zero-order chi connectivity index (χ0) is 29.5. The highest BCUT2D eigenvalue weighted by Crippen LogP contribution is 2.51. The number of carboxylic acids is 1. The molecular formula is C23H34F2N6O7S2. The van der Waals surface area contributed by atoms with Gasteiger partial charge in [0, 0.05) is 54.3 Å². The van der Waals surface area contributed by atoms with Gasteiger partial charge in [-0.3, -0.25) is 14.4 Å². The van der Waals surface area contributed by atoms with Crippen molar-refractivity contribution in [3.8, 4) is 0 Å². The van der Waals surface area contributed by atoms with Crippen molar-refractivity contribution in [3.05, 3.63) is 10.6 Å². The number of rotatable bonds is 11. The summed E-state index contributed by atoms with van der Waals surface area (Å²) in [6.45, 7) is 4.25. The van der Waals surface area contributed by atoms with Crippen LogP contribution in [0.15, 0.2) is 10.6 Å². The van der Waals surface area contributed by atoms with Crippen LogP contribution in [0.5, 0.6) is 0 Å². The maximum absolute atomic E-state index is 13.1. The number of nitrogens with two attached hydrogens (primary N) is 1. The Morgan fingerprint density at radius 2 is 2.00 bits per heavy atom. The number of β-lactam (4-membered cyclic amide) rings is 1. The van der Waals surface area contributed by atoms with E-state index in [1.165, 1.54) is 23.6 Å². The Balaban J connectivity index is 1.37. The number of hydrogen-bond acceptors (Lipinski definition) is 9. The third kappa shape index (κ3) is 5.98. The summed E-state index contributed by atoms with van der Waals surface area (Å²) in [5, 5.41) is 15.0. The smallest absolute Gasteiger partial charge is 0.353 e. The second-order valence-corrected chi connectivity index (χ2v) is 13.8. The van der Waals surface area contributed by atoms with Gasteiger partial charge >= 0.3 is 12.4 Å². The largest absolute Gasteiger partial charge is 0.477 e. The number of likely N-dealkylation sites (tertiary alicyclic amines) is 1. The van der Waals surface area contributed by atoms with Crippen LogP contribution in [0.2, 0.25) is 0 Å². The zero-order valence-corrected chi connectivity index (χ0v) is 23.6. The fraction of sp³-hybridized carbons (Fsp3) is 0.739. The molecule has 4 rings (SSSR count). The molecule has 0 unspecified atom stereocenters. The number of halogens is 2. The first-order valence-electron chi connectivity index (χ1n) is 13.0. The Hall–Kier alpha value is -2.34. The predicted molar refractivity (Wildman–Crippen MR) is 140 cm³/mol. The summed E-state index contributed by atoms with van der Waals surface area (Å²) in [6.07, 6.45) is -2.35. The van der Waals surface area contributed by atoms with Gasteiger partial charge in [0.15, 0.2) is 0 Å². The molecule has 0 aromatic rings. The molecule has 0 aromatic carbocycles. The van der Waals surface area contributed by atoms with E-state index in [1.54, 1.807) is 11.8 Å². The first kappa shape index (κ1) is 30.6. The van der Waals surface area contributed by atoms with E-state index in [0.29, 0.717) is 30.8 Å². The summed E-state index contributed by atoms with van der Waals surface area (Å²) in [6, 6.07) is -2.42. The number of thioether (sulfide) groups is 1. The minimum Gasteiger partial charge on any atom is -0.477 e. The normalized spacial score (nSPS) is 31.0. The number of nitrogens with zero attached hydrogens (tertiary/aromatic N) is 2. The lowest BCUT2D eigenvalue weighted by molar-refractivity contribution is -0.159. The average molecular weight is 609 g/mol. The number of alkyl halides is 2. The molecule has 0 aliphatic carbocycles. The molecular weight excluding hydrogens is 574 g/mol. The fourth-order valence-corrected chi connectivity index (χ4v) is 8.59. The number of nitrogens with one attached hydrogen (secondary N) is 3. The van der Waals surface area contributed by atoms with E-state index in [4.69, 9.17) is 5.73 Å². The van der Waals surface area contributed by atoms with Gasteiger partial charge in [-0.25, -0.2) is 17.9 Å². The lowest BCUT2D eigenvalue weighted by Gasteiger charge is -2.47. The van der Waals surface area contributed by atoms with E-state index >= 15 is 0 Å². The number of carbonyl (C=O) groups is 4. The predicted octanol–water partition coefficient (Wildman–Crippen LogP) is -1.53. The van der Waals surface area contributed by atoms with Crippen LogP contribution >= 0.6 is 11.8 Å². The Kier molecular flexibility index (Phi) is 9.09. The van der Waals surface area contributed by atoms with Crippen molar-refractivity contribution in [1.82, 2.24) is 25.2 Å². The number of fused-ring (bicyclic) bond motifs is 1. The lowest BCUT2D eigenvalue weighted by Crippen LogP contribution is -2.66. The molecule has 3 saturated heterocycles. The van der Waals surface area contributed by atoms with Crippen molar-refractivity contribution >= 4 is 45.5 Å². The standard InChI is InChI=1S/C23H34F2N6O7S2/c1-10-16-15(11(2)28-20(32)19(24)25)22(34)31(16)17(23(35)36)18(10)39-13-7-14(27-8-13)21(33)30-5-3-12(9-30)29-40(37,38)6-4-26/h10-16,19,27,29H,3-9,26H2,1-2H3,(H,28,32)(H,35,36)/t10-,11-,12+,13+,14+,15-,16+/m1/s1. The number of sulfonamides is 1. The molecule has 0 aromatic heterocycles. The maximum Gasteiger partial charge on any atom is 0.353 e. The molecule has 0 saturated carbocycles. The molecule has 0 radical (unpaired) electrons. The highest BCUT2D eigenvalue weighted by atomic mass is 32.2. The first-order valence-corrected chi connectivity index (χ1v) is 15.6. The molecule has 17 heteroatoms. The summed E-state index contributed by atoms with van der Waals surface area (Å²) in [7, 11) is -3.52. The fourth-order valence-electron chi connectivity index (χ4n) is 5.98. The number of aliphatic carboxylic acids is 1. The van der Waals surface area contributed by atoms with Crippen LogP contribution in [-0.2, 0) is 29.2 Å². The Morgan fingerprint density at radius 3 is 2.62 bits per heavy atom. The molecule has 4 aliphatic heterocycles. The third-order valence-corrected chi connectivity index (χ3v) is 10.8. The van der Waals surface area contributed by atoms with Crippen molar-refractivity contribution in [1.29, 1.82) is 0 Å². The first-order chi connectivity index (χ1) is 18.8. The van der Waals surface area contributed by atoms with E-state index in [9.17, 15) is 41.5 Å². The number of carbonyl (C=O) groups excluding carboxylic acids is 3. The topological polar surface area (TPSA) is 191 Å². The van der Waals surface area contributed by atoms with E-state index in [1.807, 2.05) is 0 Å². The van der Waals surface area contributed by atoms with Crippen molar-refractivity contribution in [3.63, 3.8) is 0 Å². The molecule has 224 valence electrons. The second kappa shape index (κ2) is 11.9. The Labute approximate surface area is 234 Å². The molecule has 4 heterocycles. The average Bonchev–Trinajstić information content (AvgIpc) is 3.57. The van der Waals surface area contributed by atoms with E-state index < -0.39 is 70.2 Å². The molecule has 13 nitrogen and oxygen atoms in total. The van der Waals surface area contributed by atoms with Gasteiger partial charge in [-0.2, -0.15) is 8.78 Å². The van der Waals surface area contributed by atoms with Crippen molar-refractivity contribution in [2.24, 2.45) is 17.6 Å². The van der Waals surface area contributed by atoms with Crippen LogP contribution in [0.25, 0.3) is 0 Å². The van der Waals surface area contributed by atoms with Gasteiger partial charge in [-0.05, 0) is 19.8 Å². The summed E-state index contributed by atoms with van der Waals surface area (Å²) in [4.78, 5) is 52.9. The maximum atomic E-state index is 13.1. The number of hydrogen-bond donors (Lipinski definition) is 5. The minimum atomic E-state index is -3.52. The van der Waals surface area contributed by atoms with Gasteiger partial charge < -0.3 is 31.3 Å². The van der Waals surface area contributed by atoms with E-state index in [-0.39, 0.29) is 35.7 Å². The van der Waals surface area contributed by atoms with Gasteiger partial charge in [-0.1, -0.05) is 6.92 Å². The minimum absolute atomic E-state index is 0.00396. The van der Waals surface area contributed by atoms with Crippen LogP contribution in [0, 0.1) is 11.8 Å². The van der Waals surface area contributed by atoms with Gasteiger partial charge in [0.25, 0.3) is 5.91 Å². The molecule has 4 aliphatic rings. The molecule has 40 heavy (non-hydrogen) atoms. The van der Waals surface area contributed by atoms with Crippen LogP contribution in [0.1, 0.15) is 26.7 Å². The van der Waals surface area contributed by atoms with E-state index in [2.05, 4.69) is 15.4 Å². The summed E-state index contributed by atoms with van der Waals surface area (Å²) >= 11 is 1.28. The lowest BCUT2D eigenvalue weighted by atomic mass is 9.78. The molecule has 3 amide bonds. The molecule has 3 fully saturated rings. The van der Waals surface area contributed by atoms with Crippen molar-refractivity contribution in [2.75, 3.05) is 31.9 Å². The highest BCUT2D eigenvalue weighted by molar-refractivity contribution is 8.03. The van der Waals surface area contributed by atoms with E-state index in [0.717, 1.165) is 0 Å². The molecule has 0 spiro atoms. The summed E-state index contributed by atoms with van der Waals surface area (Å²) < 4.78 is 52.0. The van der Waals surface area contributed by atoms with Crippen LogP contribution in [0.4, 0.5) is 8.78 Å². The monoisotopic (exact) mass is 608 g/mol. The van der Waals surface area contributed by atoms with Gasteiger partial charge in [0.05, 0.1) is 23.8 Å². The highest BCUT2D eigenvalue weighted by Gasteiger charge is 2.60.